The molecule has 0 aliphatic carbocycles. The van der Waals surface area contributed by atoms with Crippen LogP contribution in [0, 0.1) is 11.3 Å². The van der Waals surface area contributed by atoms with E-state index in [1.165, 1.54) is 4.57 Å². The summed E-state index contributed by atoms with van der Waals surface area (Å²) in [4.78, 5) is 32.4. The fourth-order valence-corrected chi connectivity index (χ4v) is 10.7. The zero-order valence-electron chi connectivity index (χ0n) is 41.8. The average molecular weight is 978 g/mol. The highest BCUT2D eigenvalue weighted by Gasteiger charge is 2.45. The molecule has 0 saturated carbocycles. The van der Waals surface area contributed by atoms with Crippen LogP contribution in [0.2, 0.25) is 18.1 Å². The van der Waals surface area contributed by atoms with Gasteiger partial charge < -0.3 is 37.7 Å². The number of carbonyl (C=O) groups excluding carboxylic acids is 1. The van der Waals surface area contributed by atoms with E-state index in [-0.39, 0.29) is 55.6 Å². The van der Waals surface area contributed by atoms with Crippen molar-refractivity contribution in [1.82, 2.24) is 14.2 Å². The molecule has 1 saturated heterocycles. The van der Waals surface area contributed by atoms with E-state index in [9.17, 15) is 14.9 Å². The van der Waals surface area contributed by atoms with E-state index >= 15 is 0 Å². The normalized spacial score (nSPS) is 17.0. The molecule has 6 rings (SSSR count). The Morgan fingerprint density at radius 1 is 0.884 bits per heavy atom. The van der Waals surface area contributed by atoms with Crippen LogP contribution in [0.1, 0.15) is 100 Å². The van der Waals surface area contributed by atoms with E-state index in [0.29, 0.717) is 22.6 Å². The van der Waals surface area contributed by atoms with Crippen molar-refractivity contribution in [3.05, 3.63) is 154 Å². The van der Waals surface area contributed by atoms with Crippen LogP contribution >= 0.6 is 8.53 Å². The number of nitriles is 1. The SMILES string of the molecule is COc1ccc(C(OC[C@H]2O[C@@H](n3cc(CO[Si](C)(C)C(C)(C)C)c(NC(=O)c4ccccc4)nc3=O)C[C@@H]2OP(OCCC#N)N(C(C)C)C(C)C)(c2ccccc2)c2ccc(OC)cc2)cc1. The highest BCUT2D eigenvalue weighted by molar-refractivity contribution is 7.44. The number of ether oxygens (including phenoxy) is 4. The van der Waals surface area contributed by atoms with Crippen molar-refractivity contribution in [3.8, 4) is 17.6 Å². The Balaban J connectivity index is 1.46. The Hall–Kier alpha value is -5.27. The molecule has 4 atom stereocenters. The van der Waals surface area contributed by atoms with Crippen LogP contribution in [0.25, 0.3) is 0 Å². The minimum Gasteiger partial charge on any atom is -0.497 e. The van der Waals surface area contributed by atoms with Crippen LogP contribution in [0.15, 0.2) is 120 Å². The van der Waals surface area contributed by atoms with Gasteiger partial charge in [-0.1, -0.05) is 93.6 Å². The summed E-state index contributed by atoms with van der Waals surface area (Å²) in [5.41, 5.74) is 1.64. The Kier molecular flexibility index (Phi) is 18.1. The van der Waals surface area contributed by atoms with Gasteiger partial charge in [0.1, 0.15) is 35.2 Å². The molecule has 16 heteroatoms. The molecule has 4 aromatic carbocycles. The van der Waals surface area contributed by atoms with Crippen LogP contribution in [-0.4, -0.2) is 80.2 Å². The van der Waals surface area contributed by atoms with Gasteiger partial charge in [-0.2, -0.15) is 10.2 Å². The molecule has 368 valence electrons. The first kappa shape index (κ1) is 53.1. The van der Waals surface area contributed by atoms with Crippen LogP contribution in [0.5, 0.6) is 11.5 Å². The standard InChI is InChI=1S/C53H68N5O9PSi/c1-37(2)58(38(3)4)68(64-32-18-31-54)67-46-33-48(57-34-40(35-65-69(10,11)52(5,6)7)49(56-51(57)60)55-50(59)39-19-14-12-15-20-39)66-47(46)36-63-53(41-21-16-13-17-22-41,42-23-27-44(61-8)28-24-42)43-25-29-45(62-9)30-26-43/h12-17,19-30,34,37-38,46-48H,18,32-33,35-36H2,1-11H3,(H,55,56,59,60)/t46-,47+,48+,68?/m0/s1. The lowest BCUT2D eigenvalue weighted by atomic mass is 9.80. The van der Waals surface area contributed by atoms with Gasteiger partial charge in [0.15, 0.2) is 8.32 Å². The number of rotatable bonds is 22. The first-order valence-electron chi connectivity index (χ1n) is 23.4. The molecule has 1 aliphatic heterocycles. The number of benzene rings is 4. The third kappa shape index (κ3) is 12.7. The number of hydrogen-bond donors (Lipinski definition) is 1. The highest BCUT2D eigenvalue weighted by atomic mass is 31.2. The van der Waals surface area contributed by atoms with Gasteiger partial charge in [-0.05, 0) is 98.9 Å². The van der Waals surface area contributed by atoms with Crippen LogP contribution in [0.4, 0.5) is 5.82 Å². The summed E-state index contributed by atoms with van der Waals surface area (Å²) < 4.78 is 49.4. The van der Waals surface area contributed by atoms with Crippen molar-refractivity contribution in [2.45, 2.75) is 122 Å². The van der Waals surface area contributed by atoms with Crippen molar-refractivity contribution in [2.75, 3.05) is 32.8 Å². The maximum atomic E-state index is 14.4. The predicted molar refractivity (Wildman–Crippen MR) is 272 cm³/mol. The maximum absolute atomic E-state index is 14.4. The van der Waals surface area contributed by atoms with E-state index in [1.807, 2.05) is 84.9 Å². The molecule has 0 radical (unpaired) electrons. The van der Waals surface area contributed by atoms with E-state index in [0.717, 1.165) is 16.7 Å². The monoisotopic (exact) mass is 977 g/mol. The molecule has 69 heavy (non-hydrogen) atoms. The summed E-state index contributed by atoms with van der Waals surface area (Å²) in [6, 6.07) is 36.6. The van der Waals surface area contributed by atoms with Gasteiger partial charge in [0.2, 0.25) is 0 Å². The molecule has 1 amide bonds. The summed E-state index contributed by atoms with van der Waals surface area (Å²) in [7, 11) is -0.820. The second kappa shape index (κ2) is 23.6. The summed E-state index contributed by atoms with van der Waals surface area (Å²) in [6.45, 7) is 19.3. The van der Waals surface area contributed by atoms with Crippen molar-refractivity contribution < 1.29 is 37.2 Å². The van der Waals surface area contributed by atoms with E-state index in [1.54, 1.807) is 44.7 Å². The number of methoxy groups -OCH3 is 2. The molecule has 5 aromatic rings. The number of amides is 1. The summed E-state index contributed by atoms with van der Waals surface area (Å²) in [5.74, 6) is 1.08. The minimum absolute atomic E-state index is 0.00637. The second-order valence-electron chi connectivity index (χ2n) is 19.0. The lowest BCUT2D eigenvalue weighted by Crippen LogP contribution is -2.40. The fourth-order valence-electron chi connectivity index (χ4n) is 8.00. The molecular weight excluding hydrogens is 910 g/mol. The van der Waals surface area contributed by atoms with Gasteiger partial charge >= 0.3 is 5.69 Å². The Bertz CT molecular complexity index is 2480. The van der Waals surface area contributed by atoms with Crippen LogP contribution in [-0.2, 0) is 35.2 Å². The molecule has 1 aromatic heterocycles. The smallest absolute Gasteiger partial charge is 0.351 e. The van der Waals surface area contributed by atoms with Crippen molar-refractivity contribution in [1.29, 1.82) is 5.26 Å². The molecule has 0 bridgehead atoms. The summed E-state index contributed by atoms with van der Waals surface area (Å²) >= 11 is 0. The highest BCUT2D eigenvalue weighted by Crippen LogP contribution is 2.51. The first-order chi connectivity index (χ1) is 32.9. The molecule has 14 nitrogen and oxygen atoms in total. The first-order valence-corrected chi connectivity index (χ1v) is 27.5. The van der Waals surface area contributed by atoms with Gasteiger partial charge in [0.25, 0.3) is 14.4 Å². The fraction of sp³-hybridized carbons (Fsp3) is 0.434. The molecule has 1 fully saturated rings. The lowest BCUT2D eigenvalue weighted by Gasteiger charge is -2.39. The van der Waals surface area contributed by atoms with E-state index in [4.69, 9.17) is 32.4 Å². The predicted octanol–water partition coefficient (Wildman–Crippen LogP) is 11.0. The number of carbonyl (C=O) groups is 1. The number of nitrogens with zero attached hydrogens (tertiary/aromatic N) is 4. The molecule has 1 unspecified atom stereocenters. The molecule has 0 spiro atoms. The van der Waals surface area contributed by atoms with E-state index < -0.39 is 52.5 Å². The van der Waals surface area contributed by atoms with Gasteiger partial charge in [-0.3, -0.25) is 9.36 Å². The Morgan fingerprint density at radius 2 is 1.43 bits per heavy atom. The number of nitrogens with one attached hydrogen (secondary N) is 1. The van der Waals surface area contributed by atoms with Crippen LogP contribution in [0.3, 0.4) is 0 Å². The Morgan fingerprint density at radius 3 is 1.96 bits per heavy atom. The molecular formula is C53H68N5O9PSi. The zero-order chi connectivity index (χ0) is 49.9. The Labute approximate surface area is 409 Å². The maximum Gasteiger partial charge on any atom is 0.351 e. The third-order valence-corrected chi connectivity index (χ3v) is 19.3. The topological polar surface area (TPSA) is 156 Å². The van der Waals surface area contributed by atoms with E-state index in [2.05, 4.69) is 82.6 Å². The lowest BCUT2D eigenvalue weighted by molar-refractivity contribution is -0.0926. The largest absolute Gasteiger partial charge is 0.497 e. The van der Waals surface area contributed by atoms with Gasteiger partial charge in [-0.25, -0.2) is 9.46 Å². The quantitative estimate of drug-likeness (QED) is 0.0304. The summed E-state index contributed by atoms with van der Waals surface area (Å²) in [6.07, 6.45) is -0.264. The molecule has 2 heterocycles. The molecule has 1 aliphatic rings. The van der Waals surface area contributed by atoms with Gasteiger partial charge in [0, 0.05) is 35.8 Å². The number of anilines is 1. The average Bonchev–Trinajstić information content (AvgIpc) is 3.73. The third-order valence-electron chi connectivity index (χ3n) is 12.7. The van der Waals surface area contributed by atoms with Crippen LogP contribution < -0.4 is 20.5 Å². The van der Waals surface area contributed by atoms with Gasteiger partial charge in [0.05, 0.1) is 52.6 Å². The molecule has 1 N–H and O–H groups in total. The zero-order valence-corrected chi connectivity index (χ0v) is 43.7. The second-order valence-corrected chi connectivity index (χ2v) is 25.3. The number of aromatic nitrogens is 2. The van der Waals surface area contributed by atoms with Crippen molar-refractivity contribution in [2.24, 2.45) is 0 Å². The van der Waals surface area contributed by atoms with Crippen molar-refractivity contribution >= 4 is 28.6 Å². The van der Waals surface area contributed by atoms with Gasteiger partial charge in [-0.15, -0.1) is 0 Å². The number of hydrogen-bond acceptors (Lipinski definition) is 12. The minimum atomic E-state index is -2.33. The summed E-state index contributed by atoms with van der Waals surface area (Å²) in [5, 5.41) is 12.3. The van der Waals surface area contributed by atoms with Crippen molar-refractivity contribution in [3.63, 3.8) is 0 Å².